The number of ether oxygens (including phenoxy) is 2. The van der Waals surface area contributed by atoms with Crippen molar-refractivity contribution in [1.29, 1.82) is 0 Å². The van der Waals surface area contributed by atoms with Gasteiger partial charge >= 0.3 is 0 Å². The normalized spacial score (nSPS) is 20.7. The van der Waals surface area contributed by atoms with Crippen molar-refractivity contribution in [1.82, 2.24) is 19.6 Å². The molecule has 27 heavy (non-hydrogen) atoms. The number of carbonyl (C=O) groups is 1. The Balaban J connectivity index is 1.43. The minimum atomic E-state index is 0.0985. The van der Waals surface area contributed by atoms with Crippen LogP contribution in [-0.2, 0) is 14.3 Å². The SMILES string of the molecule is CC(C)N1CCN(CCOCCOCC(=O)N2CCN(C(C)C)CC2)CC1. The molecule has 2 aliphatic rings. The van der Waals surface area contributed by atoms with Gasteiger partial charge in [-0.05, 0) is 27.7 Å². The first-order valence-electron chi connectivity index (χ1n) is 10.6. The van der Waals surface area contributed by atoms with E-state index in [2.05, 4.69) is 42.4 Å². The summed E-state index contributed by atoms with van der Waals surface area (Å²) in [6.45, 7) is 19.9. The summed E-state index contributed by atoms with van der Waals surface area (Å²) >= 11 is 0. The second-order valence-electron chi connectivity index (χ2n) is 8.15. The summed E-state index contributed by atoms with van der Waals surface area (Å²) in [6.07, 6.45) is 0. The van der Waals surface area contributed by atoms with Crippen LogP contribution in [0.15, 0.2) is 0 Å². The topological polar surface area (TPSA) is 48.5 Å². The van der Waals surface area contributed by atoms with Gasteiger partial charge < -0.3 is 14.4 Å². The van der Waals surface area contributed by atoms with Crippen molar-refractivity contribution >= 4 is 5.91 Å². The zero-order chi connectivity index (χ0) is 19.6. The van der Waals surface area contributed by atoms with E-state index in [1.54, 1.807) is 0 Å². The third kappa shape index (κ3) is 8.03. The number of amides is 1. The molecular formula is C20H40N4O3. The zero-order valence-electron chi connectivity index (χ0n) is 17.9. The standard InChI is InChI=1S/C20H40N4O3/c1-18(2)22-7-5-21(6-8-22)13-14-26-15-16-27-17-20(25)24-11-9-23(10-12-24)19(3)4/h18-19H,5-17H2,1-4H3. The number of piperazine rings is 2. The van der Waals surface area contributed by atoms with Crippen molar-refractivity contribution in [3.8, 4) is 0 Å². The van der Waals surface area contributed by atoms with Gasteiger partial charge in [0, 0.05) is 71.0 Å². The molecule has 0 saturated carbocycles. The molecule has 0 aromatic rings. The molecule has 2 saturated heterocycles. The Hall–Kier alpha value is -0.730. The van der Waals surface area contributed by atoms with Crippen LogP contribution in [0.5, 0.6) is 0 Å². The van der Waals surface area contributed by atoms with Gasteiger partial charge in [-0.3, -0.25) is 19.5 Å². The number of hydrogen-bond donors (Lipinski definition) is 0. The largest absolute Gasteiger partial charge is 0.378 e. The maximum Gasteiger partial charge on any atom is 0.248 e. The molecule has 2 heterocycles. The monoisotopic (exact) mass is 384 g/mol. The van der Waals surface area contributed by atoms with Crippen LogP contribution in [0, 0.1) is 0 Å². The van der Waals surface area contributed by atoms with E-state index in [-0.39, 0.29) is 12.5 Å². The molecule has 0 aliphatic carbocycles. The van der Waals surface area contributed by atoms with Gasteiger partial charge in [-0.2, -0.15) is 0 Å². The molecule has 0 spiro atoms. The predicted octanol–water partition coefficient (Wildman–Crippen LogP) is 0.598. The predicted molar refractivity (Wildman–Crippen MR) is 108 cm³/mol. The van der Waals surface area contributed by atoms with Crippen LogP contribution in [-0.4, -0.2) is 123 Å². The summed E-state index contributed by atoms with van der Waals surface area (Å²) in [6, 6.07) is 1.19. The van der Waals surface area contributed by atoms with Gasteiger partial charge in [-0.15, -0.1) is 0 Å². The van der Waals surface area contributed by atoms with Crippen LogP contribution in [0.4, 0.5) is 0 Å². The van der Waals surface area contributed by atoms with Gasteiger partial charge in [-0.1, -0.05) is 0 Å². The highest BCUT2D eigenvalue weighted by Gasteiger charge is 2.22. The summed E-state index contributed by atoms with van der Waals surface area (Å²) < 4.78 is 11.2. The Bertz CT molecular complexity index is 417. The molecule has 0 atom stereocenters. The third-order valence-corrected chi connectivity index (χ3v) is 5.68. The van der Waals surface area contributed by atoms with E-state index in [0.29, 0.717) is 25.3 Å². The van der Waals surface area contributed by atoms with E-state index in [1.165, 1.54) is 0 Å². The average Bonchev–Trinajstić information content (AvgIpc) is 2.67. The summed E-state index contributed by atoms with van der Waals surface area (Å²) in [5, 5.41) is 0. The number of hydrogen-bond acceptors (Lipinski definition) is 6. The van der Waals surface area contributed by atoms with E-state index >= 15 is 0 Å². The fourth-order valence-corrected chi connectivity index (χ4v) is 3.66. The van der Waals surface area contributed by atoms with E-state index in [4.69, 9.17) is 9.47 Å². The minimum absolute atomic E-state index is 0.0985. The lowest BCUT2D eigenvalue weighted by atomic mass is 10.2. The van der Waals surface area contributed by atoms with E-state index in [0.717, 1.165) is 65.5 Å². The van der Waals surface area contributed by atoms with E-state index in [1.807, 2.05) is 4.90 Å². The fourth-order valence-electron chi connectivity index (χ4n) is 3.66. The number of carbonyl (C=O) groups excluding carboxylic acids is 1. The molecule has 0 radical (unpaired) electrons. The first-order valence-corrected chi connectivity index (χ1v) is 10.6. The Kier molecular flexibility index (Phi) is 10.00. The number of rotatable bonds is 10. The zero-order valence-corrected chi connectivity index (χ0v) is 17.9. The highest BCUT2D eigenvalue weighted by Crippen LogP contribution is 2.06. The Morgan fingerprint density at radius 1 is 0.741 bits per heavy atom. The maximum absolute atomic E-state index is 12.2. The molecule has 2 aliphatic heterocycles. The van der Waals surface area contributed by atoms with Gasteiger partial charge in [0.25, 0.3) is 0 Å². The molecule has 1 amide bonds. The summed E-state index contributed by atoms with van der Waals surface area (Å²) in [5.74, 6) is 0.0985. The van der Waals surface area contributed by atoms with Crippen molar-refractivity contribution in [3.05, 3.63) is 0 Å². The van der Waals surface area contributed by atoms with Crippen LogP contribution < -0.4 is 0 Å². The number of nitrogens with zero attached hydrogens (tertiary/aromatic N) is 4. The van der Waals surface area contributed by atoms with Gasteiger partial charge in [0.1, 0.15) is 6.61 Å². The van der Waals surface area contributed by atoms with Crippen molar-refractivity contribution in [2.45, 2.75) is 39.8 Å². The first-order chi connectivity index (χ1) is 13.0. The molecule has 158 valence electrons. The van der Waals surface area contributed by atoms with Gasteiger partial charge in [0.2, 0.25) is 5.91 Å². The molecule has 0 N–H and O–H groups in total. The first kappa shape index (κ1) is 22.6. The second kappa shape index (κ2) is 12.0. The lowest BCUT2D eigenvalue weighted by Crippen LogP contribution is -2.51. The Morgan fingerprint density at radius 2 is 1.26 bits per heavy atom. The van der Waals surface area contributed by atoms with Crippen molar-refractivity contribution in [3.63, 3.8) is 0 Å². The van der Waals surface area contributed by atoms with Crippen LogP contribution in [0.2, 0.25) is 0 Å². The second-order valence-corrected chi connectivity index (χ2v) is 8.15. The van der Waals surface area contributed by atoms with E-state index in [9.17, 15) is 4.79 Å². The summed E-state index contributed by atoms with van der Waals surface area (Å²) in [7, 11) is 0. The molecule has 0 aromatic heterocycles. The van der Waals surface area contributed by atoms with Gasteiger partial charge in [-0.25, -0.2) is 0 Å². The van der Waals surface area contributed by atoms with E-state index < -0.39 is 0 Å². The molecule has 7 nitrogen and oxygen atoms in total. The highest BCUT2D eigenvalue weighted by molar-refractivity contribution is 5.77. The van der Waals surface area contributed by atoms with Crippen LogP contribution >= 0.6 is 0 Å². The molecule has 0 aromatic carbocycles. The van der Waals surface area contributed by atoms with Crippen LogP contribution in [0.1, 0.15) is 27.7 Å². The molecular weight excluding hydrogens is 344 g/mol. The van der Waals surface area contributed by atoms with Crippen molar-refractivity contribution in [2.75, 3.05) is 85.3 Å². The van der Waals surface area contributed by atoms with Crippen molar-refractivity contribution < 1.29 is 14.3 Å². The van der Waals surface area contributed by atoms with Gasteiger partial charge in [0.15, 0.2) is 0 Å². The smallest absolute Gasteiger partial charge is 0.248 e. The molecule has 7 heteroatoms. The summed E-state index contributed by atoms with van der Waals surface area (Å²) in [5.41, 5.74) is 0. The lowest BCUT2D eigenvalue weighted by Gasteiger charge is -2.37. The minimum Gasteiger partial charge on any atom is -0.378 e. The Labute approximate surface area is 165 Å². The molecule has 2 fully saturated rings. The lowest BCUT2D eigenvalue weighted by molar-refractivity contribution is -0.138. The fraction of sp³-hybridized carbons (Fsp3) is 0.950. The third-order valence-electron chi connectivity index (χ3n) is 5.68. The molecule has 2 rings (SSSR count). The van der Waals surface area contributed by atoms with Crippen molar-refractivity contribution in [2.24, 2.45) is 0 Å². The summed E-state index contributed by atoms with van der Waals surface area (Å²) in [4.78, 5) is 21.5. The molecule has 0 unspecified atom stereocenters. The Morgan fingerprint density at radius 3 is 1.81 bits per heavy atom. The van der Waals surface area contributed by atoms with Crippen LogP contribution in [0.3, 0.4) is 0 Å². The van der Waals surface area contributed by atoms with Gasteiger partial charge in [0.05, 0.1) is 19.8 Å². The van der Waals surface area contributed by atoms with Crippen LogP contribution in [0.25, 0.3) is 0 Å². The average molecular weight is 385 g/mol. The molecule has 0 bridgehead atoms. The maximum atomic E-state index is 12.2. The quantitative estimate of drug-likeness (QED) is 0.514. The highest BCUT2D eigenvalue weighted by atomic mass is 16.5.